The van der Waals surface area contributed by atoms with E-state index < -0.39 is 0 Å². The third-order valence-electron chi connectivity index (χ3n) is 5.18. The summed E-state index contributed by atoms with van der Waals surface area (Å²) in [4.78, 5) is 42.2. The Kier molecular flexibility index (Phi) is 5.11. The first-order valence-corrected chi connectivity index (χ1v) is 8.85. The fourth-order valence-corrected chi connectivity index (χ4v) is 3.64. The van der Waals surface area contributed by atoms with Crippen LogP contribution < -0.4 is 0 Å². The highest BCUT2D eigenvalue weighted by molar-refractivity contribution is 5.95. The lowest BCUT2D eigenvalue weighted by atomic mass is 9.95. The zero-order valence-corrected chi connectivity index (χ0v) is 14.9. The largest absolute Gasteiger partial charge is 0.469 e. The lowest BCUT2D eigenvalue weighted by molar-refractivity contribution is -0.142. The van der Waals surface area contributed by atoms with Gasteiger partial charge in [0, 0.05) is 46.2 Å². The van der Waals surface area contributed by atoms with Crippen molar-refractivity contribution >= 4 is 17.7 Å². The third-order valence-corrected chi connectivity index (χ3v) is 5.18. The molecule has 0 saturated carbocycles. The minimum absolute atomic E-state index is 0.0528. The van der Waals surface area contributed by atoms with Gasteiger partial charge in [0.05, 0.1) is 17.7 Å². The molecule has 3 heterocycles. The Balaban J connectivity index is 1.60. The van der Waals surface area contributed by atoms with E-state index in [4.69, 9.17) is 4.42 Å². The molecule has 2 saturated heterocycles. The molecule has 0 N–H and O–H groups in total. The standard InChI is InChI=1S/C18H25N3O4/c1-13-16(5-11-25-13)18(24)21-6-3-4-15(12-21)17(23)20-9-7-19(8-10-20)14(2)22/h5,11,15H,3-4,6-10,12H2,1-2H3. The Bertz CT molecular complexity index is 661. The van der Waals surface area contributed by atoms with Gasteiger partial charge in [0.25, 0.3) is 5.91 Å². The second kappa shape index (κ2) is 7.29. The fourth-order valence-electron chi connectivity index (χ4n) is 3.64. The van der Waals surface area contributed by atoms with Gasteiger partial charge in [-0.2, -0.15) is 0 Å². The number of piperazine rings is 1. The molecule has 136 valence electrons. The molecule has 3 amide bonds. The molecule has 1 unspecified atom stereocenters. The van der Waals surface area contributed by atoms with E-state index in [1.165, 1.54) is 6.26 Å². The molecule has 0 spiro atoms. The number of carbonyl (C=O) groups excluding carboxylic acids is 3. The smallest absolute Gasteiger partial charge is 0.257 e. The van der Waals surface area contributed by atoms with Crippen LogP contribution in [0.5, 0.6) is 0 Å². The monoisotopic (exact) mass is 347 g/mol. The molecule has 2 aliphatic rings. The minimum Gasteiger partial charge on any atom is -0.469 e. The number of piperidine rings is 1. The first-order valence-electron chi connectivity index (χ1n) is 8.85. The van der Waals surface area contributed by atoms with Gasteiger partial charge in [-0.05, 0) is 25.8 Å². The number of rotatable bonds is 2. The Morgan fingerprint density at radius 3 is 2.32 bits per heavy atom. The van der Waals surface area contributed by atoms with Crippen LogP contribution in [0.25, 0.3) is 0 Å². The summed E-state index contributed by atoms with van der Waals surface area (Å²) in [6, 6.07) is 1.68. The fraction of sp³-hybridized carbons (Fsp3) is 0.611. The quantitative estimate of drug-likeness (QED) is 0.804. The predicted molar refractivity (Wildman–Crippen MR) is 90.9 cm³/mol. The Hall–Kier alpha value is -2.31. The third kappa shape index (κ3) is 3.70. The van der Waals surface area contributed by atoms with Crippen molar-refractivity contribution in [2.24, 2.45) is 5.92 Å². The van der Waals surface area contributed by atoms with Gasteiger partial charge in [0.1, 0.15) is 5.76 Å². The van der Waals surface area contributed by atoms with Crippen molar-refractivity contribution in [3.05, 3.63) is 23.7 Å². The Morgan fingerprint density at radius 2 is 1.72 bits per heavy atom. The number of carbonyl (C=O) groups is 3. The van der Waals surface area contributed by atoms with E-state index in [0.29, 0.717) is 50.6 Å². The summed E-state index contributed by atoms with van der Waals surface area (Å²) < 4.78 is 5.22. The number of aryl methyl sites for hydroxylation is 1. The van der Waals surface area contributed by atoms with Crippen molar-refractivity contribution in [2.45, 2.75) is 26.7 Å². The molecule has 1 atom stereocenters. The summed E-state index contributed by atoms with van der Waals surface area (Å²) >= 11 is 0. The number of amides is 3. The Labute approximate surface area is 147 Å². The summed E-state index contributed by atoms with van der Waals surface area (Å²) in [5.41, 5.74) is 0.572. The van der Waals surface area contributed by atoms with E-state index in [9.17, 15) is 14.4 Å². The molecule has 0 aliphatic carbocycles. The lowest BCUT2D eigenvalue weighted by Gasteiger charge is -2.38. The summed E-state index contributed by atoms with van der Waals surface area (Å²) in [6.07, 6.45) is 3.15. The summed E-state index contributed by atoms with van der Waals surface area (Å²) in [5, 5.41) is 0. The van der Waals surface area contributed by atoms with Crippen molar-refractivity contribution in [3.8, 4) is 0 Å². The number of hydrogen-bond acceptors (Lipinski definition) is 4. The predicted octanol–water partition coefficient (Wildman–Crippen LogP) is 1.13. The molecule has 1 aromatic rings. The van der Waals surface area contributed by atoms with Crippen LogP contribution in [-0.2, 0) is 9.59 Å². The second-order valence-corrected chi connectivity index (χ2v) is 6.81. The van der Waals surface area contributed by atoms with Crippen molar-refractivity contribution in [1.29, 1.82) is 0 Å². The van der Waals surface area contributed by atoms with Crippen LogP contribution in [0, 0.1) is 12.8 Å². The molecule has 0 aromatic carbocycles. The van der Waals surface area contributed by atoms with Gasteiger partial charge in [-0.1, -0.05) is 0 Å². The minimum atomic E-state index is -0.159. The van der Waals surface area contributed by atoms with E-state index in [0.717, 1.165) is 12.8 Å². The molecule has 0 bridgehead atoms. The molecule has 25 heavy (non-hydrogen) atoms. The van der Waals surface area contributed by atoms with Crippen LogP contribution in [0.2, 0.25) is 0 Å². The maximum atomic E-state index is 12.8. The highest BCUT2D eigenvalue weighted by Gasteiger charge is 2.33. The number of likely N-dealkylation sites (tertiary alicyclic amines) is 1. The number of furan rings is 1. The van der Waals surface area contributed by atoms with Crippen LogP contribution in [-0.4, -0.2) is 71.7 Å². The normalized spacial score (nSPS) is 21.4. The van der Waals surface area contributed by atoms with Crippen LogP contribution in [0.1, 0.15) is 35.9 Å². The molecule has 7 heteroatoms. The molecular formula is C18H25N3O4. The summed E-state index contributed by atoms with van der Waals surface area (Å²) in [7, 11) is 0. The second-order valence-electron chi connectivity index (χ2n) is 6.81. The van der Waals surface area contributed by atoms with Crippen LogP contribution in [0.4, 0.5) is 0 Å². The van der Waals surface area contributed by atoms with E-state index in [1.807, 2.05) is 4.90 Å². The summed E-state index contributed by atoms with van der Waals surface area (Å²) in [6.45, 7) is 6.78. The topological polar surface area (TPSA) is 74.1 Å². The van der Waals surface area contributed by atoms with Gasteiger partial charge >= 0.3 is 0 Å². The van der Waals surface area contributed by atoms with Crippen molar-refractivity contribution in [3.63, 3.8) is 0 Å². The molecule has 7 nitrogen and oxygen atoms in total. The summed E-state index contributed by atoms with van der Waals surface area (Å²) in [5.74, 6) is 0.541. The zero-order chi connectivity index (χ0) is 18.0. The molecular weight excluding hydrogens is 322 g/mol. The van der Waals surface area contributed by atoms with Gasteiger partial charge in [-0.3, -0.25) is 14.4 Å². The molecule has 0 radical (unpaired) electrons. The van der Waals surface area contributed by atoms with Gasteiger partial charge in [0.15, 0.2) is 0 Å². The molecule has 3 rings (SSSR count). The average molecular weight is 347 g/mol. The first kappa shape index (κ1) is 17.5. The zero-order valence-electron chi connectivity index (χ0n) is 14.9. The van der Waals surface area contributed by atoms with Crippen LogP contribution in [0.15, 0.2) is 16.7 Å². The average Bonchev–Trinajstić information content (AvgIpc) is 3.06. The van der Waals surface area contributed by atoms with Crippen molar-refractivity contribution in [1.82, 2.24) is 14.7 Å². The lowest BCUT2D eigenvalue weighted by Crippen LogP contribution is -2.53. The molecule has 1 aromatic heterocycles. The number of hydrogen-bond donors (Lipinski definition) is 0. The van der Waals surface area contributed by atoms with E-state index >= 15 is 0 Å². The SMILES string of the molecule is CC(=O)N1CCN(C(=O)C2CCCN(C(=O)c3ccoc3C)C2)CC1. The number of nitrogens with zero attached hydrogens (tertiary/aromatic N) is 3. The van der Waals surface area contributed by atoms with Gasteiger partial charge in [-0.15, -0.1) is 0 Å². The maximum Gasteiger partial charge on any atom is 0.257 e. The highest BCUT2D eigenvalue weighted by Crippen LogP contribution is 2.22. The van der Waals surface area contributed by atoms with E-state index in [2.05, 4.69) is 0 Å². The Morgan fingerprint density at radius 1 is 1.04 bits per heavy atom. The van der Waals surface area contributed by atoms with Gasteiger partial charge in [-0.25, -0.2) is 0 Å². The van der Waals surface area contributed by atoms with Crippen molar-refractivity contribution in [2.75, 3.05) is 39.3 Å². The highest BCUT2D eigenvalue weighted by atomic mass is 16.3. The van der Waals surface area contributed by atoms with Crippen LogP contribution >= 0.6 is 0 Å². The van der Waals surface area contributed by atoms with E-state index in [1.54, 1.807) is 29.7 Å². The molecule has 2 fully saturated rings. The van der Waals surface area contributed by atoms with E-state index in [-0.39, 0.29) is 23.6 Å². The molecule has 2 aliphatic heterocycles. The van der Waals surface area contributed by atoms with Gasteiger partial charge in [0.2, 0.25) is 11.8 Å². The van der Waals surface area contributed by atoms with Crippen LogP contribution in [0.3, 0.4) is 0 Å². The van der Waals surface area contributed by atoms with Crippen molar-refractivity contribution < 1.29 is 18.8 Å². The first-order chi connectivity index (χ1) is 12.0. The van der Waals surface area contributed by atoms with Gasteiger partial charge < -0.3 is 19.1 Å². The maximum absolute atomic E-state index is 12.8.